The Morgan fingerprint density at radius 1 is 1.33 bits per heavy atom. The van der Waals surface area contributed by atoms with Crippen molar-refractivity contribution in [2.24, 2.45) is 0 Å². The summed E-state index contributed by atoms with van der Waals surface area (Å²) >= 11 is 5.76. The molecule has 0 spiro atoms. The molecule has 1 saturated heterocycles. The van der Waals surface area contributed by atoms with Gasteiger partial charge in [-0.1, -0.05) is 11.6 Å². The van der Waals surface area contributed by atoms with Crippen LogP contribution >= 0.6 is 11.6 Å². The minimum atomic E-state index is -0.390. The van der Waals surface area contributed by atoms with Gasteiger partial charge in [-0.15, -0.1) is 0 Å². The van der Waals surface area contributed by atoms with Crippen LogP contribution in [0.1, 0.15) is 29.6 Å². The Balaban J connectivity index is 1.66. The van der Waals surface area contributed by atoms with Crippen molar-refractivity contribution in [2.45, 2.75) is 25.4 Å². The van der Waals surface area contributed by atoms with E-state index >= 15 is 0 Å². The fourth-order valence-corrected chi connectivity index (χ4v) is 2.40. The van der Waals surface area contributed by atoms with E-state index in [1.165, 1.54) is 0 Å². The predicted octanol–water partition coefficient (Wildman–Crippen LogP) is 1.44. The number of carbonyl (C=O) groups excluding carboxylic acids is 2. The third-order valence-corrected chi connectivity index (χ3v) is 3.73. The minimum Gasteiger partial charge on any atom is -0.391 e. The molecule has 0 radical (unpaired) electrons. The molecule has 0 unspecified atom stereocenters. The third-order valence-electron chi connectivity index (χ3n) is 3.48. The first-order chi connectivity index (χ1) is 10.1. The molecule has 2 N–H and O–H groups in total. The smallest absolute Gasteiger partial charge is 0.251 e. The second kappa shape index (κ2) is 7.43. The van der Waals surface area contributed by atoms with Gasteiger partial charge in [-0.2, -0.15) is 0 Å². The van der Waals surface area contributed by atoms with E-state index in [2.05, 4.69) is 5.32 Å². The summed E-state index contributed by atoms with van der Waals surface area (Å²) in [4.78, 5) is 25.3. The Hall–Kier alpha value is -1.59. The fraction of sp³-hybridized carbons (Fsp3) is 0.467. The number of carbonyl (C=O) groups is 2. The number of aliphatic hydroxyl groups excluding tert-OH is 1. The summed E-state index contributed by atoms with van der Waals surface area (Å²) < 4.78 is 0. The van der Waals surface area contributed by atoms with Crippen LogP contribution in [0.15, 0.2) is 24.3 Å². The first kappa shape index (κ1) is 15.8. The van der Waals surface area contributed by atoms with Gasteiger partial charge in [0.05, 0.1) is 6.10 Å². The highest BCUT2D eigenvalue weighted by molar-refractivity contribution is 6.30. The SMILES string of the molecule is O=C(NCCCC(=O)N1CC[C@H](O)C1)c1ccc(Cl)cc1. The molecule has 114 valence electrons. The van der Waals surface area contributed by atoms with Crippen molar-refractivity contribution in [3.05, 3.63) is 34.9 Å². The Labute approximate surface area is 128 Å². The first-order valence-corrected chi connectivity index (χ1v) is 7.43. The molecule has 1 atom stereocenters. The molecule has 21 heavy (non-hydrogen) atoms. The summed E-state index contributed by atoms with van der Waals surface area (Å²) in [7, 11) is 0. The average molecular weight is 311 g/mol. The van der Waals surface area contributed by atoms with Crippen molar-refractivity contribution in [2.75, 3.05) is 19.6 Å². The van der Waals surface area contributed by atoms with Gasteiger partial charge < -0.3 is 15.3 Å². The normalized spacial score (nSPS) is 17.8. The van der Waals surface area contributed by atoms with Crippen LogP contribution in [0.25, 0.3) is 0 Å². The molecule has 5 nitrogen and oxygen atoms in total. The van der Waals surface area contributed by atoms with Crippen LogP contribution in [0.2, 0.25) is 5.02 Å². The van der Waals surface area contributed by atoms with E-state index in [-0.39, 0.29) is 11.8 Å². The van der Waals surface area contributed by atoms with Crippen molar-refractivity contribution < 1.29 is 14.7 Å². The Morgan fingerprint density at radius 3 is 2.67 bits per heavy atom. The van der Waals surface area contributed by atoms with Crippen LogP contribution in [0.4, 0.5) is 0 Å². The number of nitrogens with one attached hydrogen (secondary N) is 1. The predicted molar refractivity (Wildman–Crippen MR) is 80.2 cm³/mol. The van der Waals surface area contributed by atoms with E-state index in [0.717, 1.165) is 0 Å². The highest BCUT2D eigenvalue weighted by Crippen LogP contribution is 2.11. The monoisotopic (exact) mass is 310 g/mol. The molecule has 1 aliphatic heterocycles. The van der Waals surface area contributed by atoms with Crippen molar-refractivity contribution in [3.8, 4) is 0 Å². The summed E-state index contributed by atoms with van der Waals surface area (Å²) in [5, 5.41) is 12.7. The van der Waals surface area contributed by atoms with Gasteiger partial charge in [0.2, 0.25) is 5.91 Å². The van der Waals surface area contributed by atoms with Gasteiger partial charge in [0, 0.05) is 36.6 Å². The number of aliphatic hydroxyl groups is 1. The second-order valence-electron chi connectivity index (χ2n) is 5.15. The van der Waals surface area contributed by atoms with Crippen molar-refractivity contribution in [3.63, 3.8) is 0 Å². The minimum absolute atomic E-state index is 0.0345. The highest BCUT2D eigenvalue weighted by Gasteiger charge is 2.23. The molecule has 2 rings (SSSR count). The van der Waals surface area contributed by atoms with E-state index in [0.29, 0.717) is 49.5 Å². The molecular formula is C15H19ClN2O3. The standard InChI is InChI=1S/C15H19ClN2O3/c16-12-5-3-11(4-6-12)15(21)17-8-1-2-14(20)18-9-7-13(19)10-18/h3-6,13,19H,1-2,7-10H2,(H,17,21)/t13-/m0/s1. The number of benzene rings is 1. The van der Waals surface area contributed by atoms with Crippen LogP contribution in [0, 0.1) is 0 Å². The largest absolute Gasteiger partial charge is 0.391 e. The number of halogens is 1. The number of hydrogen-bond donors (Lipinski definition) is 2. The van der Waals surface area contributed by atoms with Crippen molar-refractivity contribution in [1.29, 1.82) is 0 Å². The van der Waals surface area contributed by atoms with Crippen LogP contribution < -0.4 is 5.32 Å². The number of hydrogen-bond acceptors (Lipinski definition) is 3. The molecule has 2 amide bonds. The lowest BCUT2D eigenvalue weighted by atomic mass is 10.2. The fourth-order valence-electron chi connectivity index (χ4n) is 2.27. The molecule has 0 aromatic heterocycles. The maximum Gasteiger partial charge on any atom is 0.251 e. The molecule has 0 bridgehead atoms. The van der Waals surface area contributed by atoms with Gasteiger partial charge in [-0.05, 0) is 37.1 Å². The molecule has 1 aliphatic rings. The highest BCUT2D eigenvalue weighted by atomic mass is 35.5. The maximum absolute atomic E-state index is 11.8. The van der Waals surface area contributed by atoms with Gasteiger partial charge in [-0.25, -0.2) is 0 Å². The molecular weight excluding hydrogens is 292 g/mol. The summed E-state index contributed by atoms with van der Waals surface area (Å²) in [6, 6.07) is 6.65. The summed E-state index contributed by atoms with van der Waals surface area (Å²) in [6.45, 7) is 1.50. The lowest BCUT2D eigenvalue weighted by Crippen LogP contribution is -2.31. The Bertz CT molecular complexity index is 504. The zero-order valence-corrected chi connectivity index (χ0v) is 12.5. The Morgan fingerprint density at radius 2 is 2.05 bits per heavy atom. The van der Waals surface area contributed by atoms with E-state index in [9.17, 15) is 14.7 Å². The first-order valence-electron chi connectivity index (χ1n) is 7.06. The average Bonchev–Trinajstić information content (AvgIpc) is 2.90. The van der Waals surface area contributed by atoms with E-state index in [1.54, 1.807) is 29.2 Å². The number of rotatable bonds is 5. The molecule has 0 saturated carbocycles. The van der Waals surface area contributed by atoms with Gasteiger partial charge >= 0.3 is 0 Å². The molecule has 6 heteroatoms. The summed E-state index contributed by atoms with van der Waals surface area (Å²) in [6.07, 6.45) is 1.23. The van der Waals surface area contributed by atoms with Crippen LogP contribution in [-0.4, -0.2) is 47.6 Å². The molecule has 1 heterocycles. The summed E-state index contributed by atoms with van der Waals surface area (Å²) in [5.41, 5.74) is 0.549. The zero-order valence-electron chi connectivity index (χ0n) is 11.7. The quantitative estimate of drug-likeness (QED) is 0.809. The maximum atomic E-state index is 11.8. The van der Waals surface area contributed by atoms with Crippen molar-refractivity contribution in [1.82, 2.24) is 10.2 Å². The molecule has 1 aromatic rings. The number of likely N-dealkylation sites (tertiary alicyclic amines) is 1. The van der Waals surface area contributed by atoms with Gasteiger partial charge in [0.15, 0.2) is 0 Å². The molecule has 1 fully saturated rings. The van der Waals surface area contributed by atoms with Crippen LogP contribution in [0.5, 0.6) is 0 Å². The van der Waals surface area contributed by atoms with Crippen LogP contribution in [-0.2, 0) is 4.79 Å². The van der Waals surface area contributed by atoms with Gasteiger partial charge in [-0.3, -0.25) is 9.59 Å². The van der Waals surface area contributed by atoms with Gasteiger partial charge in [0.25, 0.3) is 5.91 Å². The molecule has 1 aromatic carbocycles. The lowest BCUT2D eigenvalue weighted by Gasteiger charge is -2.15. The Kier molecular flexibility index (Phi) is 5.59. The van der Waals surface area contributed by atoms with E-state index in [4.69, 9.17) is 11.6 Å². The lowest BCUT2D eigenvalue weighted by molar-refractivity contribution is -0.130. The topological polar surface area (TPSA) is 69.6 Å². The number of nitrogens with zero attached hydrogens (tertiary/aromatic N) is 1. The molecule has 0 aliphatic carbocycles. The second-order valence-corrected chi connectivity index (χ2v) is 5.59. The van der Waals surface area contributed by atoms with E-state index in [1.807, 2.05) is 0 Å². The number of amides is 2. The van der Waals surface area contributed by atoms with Crippen molar-refractivity contribution >= 4 is 23.4 Å². The zero-order chi connectivity index (χ0) is 15.2. The third kappa shape index (κ3) is 4.72. The number of β-amino-alcohol motifs (C(OH)–C–C–N with tert-alkyl or cyclic N) is 1. The van der Waals surface area contributed by atoms with Crippen LogP contribution in [0.3, 0.4) is 0 Å². The van der Waals surface area contributed by atoms with Gasteiger partial charge in [0.1, 0.15) is 0 Å². The summed E-state index contributed by atoms with van der Waals surface area (Å²) in [5.74, 6) is -0.136. The van der Waals surface area contributed by atoms with E-state index < -0.39 is 6.10 Å².